The molecule has 2 aromatic heterocycles. The number of rotatable bonds is 3. The average Bonchev–Trinajstić information content (AvgIpc) is 2.78. The van der Waals surface area contributed by atoms with E-state index in [1.54, 1.807) is 6.33 Å². The van der Waals surface area contributed by atoms with Gasteiger partial charge in [0.1, 0.15) is 12.0 Å². The number of piperidine rings is 1. The molecule has 0 unspecified atom stereocenters. The summed E-state index contributed by atoms with van der Waals surface area (Å²) >= 11 is 0. The number of nitrogens with zero attached hydrogens (tertiary/aromatic N) is 4. The number of likely N-dealkylation sites (tertiary alicyclic amines) is 1. The first-order valence-corrected chi connectivity index (χ1v) is 8.18. The summed E-state index contributed by atoms with van der Waals surface area (Å²) in [4.78, 5) is 11.2. The van der Waals surface area contributed by atoms with Crippen molar-refractivity contribution in [1.82, 2.24) is 19.4 Å². The largest absolute Gasteiger partial charge is 0.328 e. The number of hydrogen-bond donors (Lipinski definition) is 1. The SMILES string of the molecule is CC(C)(C)Cn1c(CN2CCC(N)CC2)cc2cncnc21. The molecule has 1 fully saturated rings. The maximum atomic E-state index is 6.01. The first-order chi connectivity index (χ1) is 10.4. The van der Waals surface area contributed by atoms with Crippen LogP contribution in [0.2, 0.25) is 0 Å². The van der Waals surface area contributed by atoms with E-state index in [1.807, 2.05) is 6.20 Å². The maximum absolute atomic E-state index is 6.01. The molecular formula is C17H27N5. The monoisotopic (exact) mass is 301 g/mol. The lowest BCUT2D eigenvalue weighted by molar-refractivity contribution is 0.199. The van der Waals surface area contributed by atoms with Crippen molar-refractivity contribution in [3.05, 3.63) is 24.3 Å². The van der Waals surface area contributed by atoms with Gasteiger partial charge in [0.05, 0.1) is 0 Å². The van der Waals surface area contributed by atoms with Crippen LogP contribution in [0.3, 0.4) is 0 Å². The molecular weight excluding hydrogens is 274 g/mol. The van der Waals surface area contributed by atoms with Crippen LogP contribution in [0.1, 0.15) is 39.3 Å². The molecule has 3 heterocycles. The van der Waals surface area contributed by atoms with Crippen LogP contribution in [-0.2, 0) is 13.1 Å². The first kappa shape index (κ1) is 15.4. The second-order valence-corrected chi connectivity index (χ2v) is 7.70. The molecule has 3 rings (SSSR count). The predicted molar refractivity (Wildman–Crippen MR) is 89.5 cm³/mol. The molecule has 0 aromatic carbocycles. The van der Waals surface area contributed by atoms with Crippen molar-refractivity contribution in [1.29, 1.82) is 0 Å². The van der Waals surface area contributed by atoms with Gasteiger partial charge in [-0.1, -0.05) is 20.8 Å². The summed E-state index contributed by atoms with van der Waals surface area (Å²) in [5.74, 6) is 0. The molecule has 2 N–H and O–H groups in total. The van der Waals surface area contributed by atoms with E-state index in [0.717, 1.165) is 50.1 Å². The molecule has 5 nitrogen and oxygen atoms in total. The highest BCUT2D eigenvalue weighted by molar-refractivity contribution is 5.76. The molecule has 0 radical (unpaired) electrons. The number of hydrogen-bond acceptors (Lipinski definition) is 4. The third-order valence-electron chi connectivity index (χ3n) is 4.29. The van der Waals surface area contributed by atoms with Gasteiger partial charge in [-0.2, -0.15) is 0 Å². The van der Waals surface area contributed by atoms with Gasteiger partial charge in [0.15, 0.2) is 0 Å². The molecule has 22 heavy (non-hydrogen) atoms. The summed E-state index contributed by atoms with van der Waals surface area (Å²) in [6.07, 6.45) is 5.75. The molecule has 120 valence electrons. The Kier molecular flexibility index (Phi) is 4.19. The molecule has 1 aliphatic heterocycles. The van der Waals surface area contributed by atoms with E-state index in [2.05, 4.69) is 46.3 Å². The van der Waals surface area contributed by atoms with E-state index in [0.29, 0.717) is 6.04 Å². The first-order valence-electron chi connectivity index (χ1n) is 8.18. The molecule has 1 aliphatic rings. The fraction of sp³-hybridized carbons (Fsp3) is 0.647. The van der Waals surface area contributed by atoms with Crippen molar-refractivity contribution in [2.75, 3.05) is 13.1 Å². The maximum Gasteiger partial charge on any atom is 0.143 e. The third-order valence-corrected chi connectivity index (χ3v) is 4.29. The summed E-state index contributed by atoms with van der Waals surface area (Å²) in [6, 6.07) is 2.62. The summed E-state index contributed by atoms with van der Waals surface area (Å²) in [5, 5.41) is 1.13. The van der Waals surface area contributed by atoms with Crippen molar-refractivity contribution < 1.29 is 0 Å². The Labute approximate surface area is 132 Å². The minimum atomic E-state index is 0.218. The molecule has 0 spiro atoms. The zero-order chi connectivity index (χ0) is 15.7. The van der Waals surface area contributed by atoms with E-state index < -0.39 is 0 Å². The van der Waals surface area contributed by atoms with Gasteiger partial charge in [-0.15, -0.1) is 0 Å². The Bertz CT molecular complexity index is 632. The van der Waals surface area contributed by atoms with Crippen LogP contribution in [-0.4, -0.2) is 38.6 Å². The summed E-state index contributed by atoms with van der Waals surface area (Å²) in [7, 11) is 0. The number of fused-ring (bicyclic) bond motifs is 1. The van der Waals surface area contributed by atoms with Crippen LogP contribution in [0.15, 0.2) is 18.6 Å². The topological polar surface area (TPSA) is 60.0 Å². The summed E-state index contributed by atoms with van der Waals surface area (Å²) in [5.41, 5.74) is 8.62. The van der Waals surface area contributed by atoms with Crippen molar-refractivity contribution in [3.8, 4) is 0 Å². The van der Waals surface area contributed by atoms with Gasteiger partial charge in [-0.3, -0.25) is 4.90 Å². The van der Waals surface area contributed by atoms with Crippen molar-refractivity contribution in [2.45, 2.75) is 52.7 Å². The minimum Gasteiger partial charge on any atom is -0.328 e. The van der Waals surface area contributed by atoms with Gasteiger partial charge in [0.2, 0.25) is 0 Å². The van der Waals surface area contributed by atoms with Gasteiger partial charge >= 0.3 is 0 Å². The van der Waals surface area contributed by atoms with Crippen LogP contribution in [0.4, 0.5) is 0 Å². The number of aromatic nitrogens is 3. The molecule has 2 aromatic rings. The molecule has 0 atom stereocenters. The predicted octanol–water partition coefficient (Wildman–Crippen LogP) is 2.40. The lowest BCUT2D eigenvalue weighted by Crippen LogP contribution is -2.39. The minimum absolute atomic E-state index is 0.218. The highest BCUT2D eigenvalue weighted by Gasteiger charge is 2.21. The van der Waals surface area contributed by atoms with Crippen molar-refractivity contribution >= 4 is 11.0 Å². The van der Waals surface area contributed by atoms with Crippen molar-refractivity contribution in [3.63, 3.8) is 0 Å². The fourth-order valence-corrected chi connectivity index (χ4v) is 3.18. The van der Waals surface area contributed by atoms with E-state index >= 15 is 0 Å². The van der Waals surface area contributed by atoms with Crippen LogP contribution in [0.25, 0.3) is 11.0 Å². The standard InChI is InChI=1S/C17H27N5/c1-17(2,3)11-22-15(8-13-9-19-12-20-16(13)22)10-21-6-4-14(18)5-7-21/h8-9,12,14H,4-7,10-11,18H2,1-3H3. The Morgan fingerprint density at radius 1 is 1.27 bits per heavy atom. The second kappa shape index (κ2) is 5.97. The smallest absolute Gasteiger partial charge is 0.143 e. The molecule has 0 bridgehead atoms. The quantitative estimate of drug-likeness (QED) is 0.945. The van der Waals surface area contributed by atoms with Gasteiger partial charge in [-0.25, -0.2) is 9.97 Å². The fourth-order valence-electron chi connectivity index (χ4n) is 3.18. The third kappa shape index (κ3) is 3.47. The van der Waals surface area contributed by atoms with Crippen LogP contribution < -0.4 is 5.73 Å². The zero-order valence-electron chi connectivity index (χ0n) is 13.9. The van der Waals surface area contributed by atoms with E-state index in [4.69, 9.17) is 5.73 Å². The Morgan fingerprint density at radius 3 is 2.68 bits per heavy atom. The molecule has 1 saturated heterocycles. The lowest BCUT2D eigenvalue weighted by Gasteiger charge is -2.31. The highest BCUT2D eigenvalue weighted by atomic mass is 15.2. The highest BCUT2D eigenvalue weighted by Crippen LogP contribution is 2.25. The number of nitrogens with two attached hydrogens (primary N) is 1. The lowest BCUT2D eigenvalue weighted by atomic mass is 9.97. The molecule has 0 saturated carbocycles. The molecule has 0 amide bonds. The Balaban J connectivity index is 1.89. The van der Waals surface area contributed by atoms with E-state index in [9.17, 15) is 0 Å². The van der Waals surface area contributed by atoms with E-state index in [-0.39, 0.29) is 5.41 Å². The molecule has 5 heteroatoms. The van der Waals surface area contributed by atoms with Gasteiger partial charge in [0.25, 0.3) is 0 Å². The van der Waals surface area contributed by atoms with Crippen LogP contribution in [0.5, 0.6) is 0 Å². The Hall–Kier alpha value is -1.46. The summed E-state index contributed by atoms with van der Waals surface area (Å²) in [6.45, 7) is 10.9. The summed E-state index contributed by atoms with van der Waals surface area (Å²) < 4.78 is 2.37. The van der Waals surface area contributed by atoms with Gasteiger partial charge in [0, 0.05) is 49.5 Å². The average molecular weight is 301 g/mol. The molecule has 0 aliphatic carbocycles. The van der Waals surface area contributed by atoms with Crippen LogP contribution in [0, 0.1) is 5.41 Å². The van der Waals surface area contributed by atoms with Crippen LogP contribution >= 0.6 is 0 Å². The van der Waals surface area contributed by atoms with Gasteiger partial charge in [-0.05, 0) is 24.3 Å². The second-order valence-electron chi connectivity index (χ2n) is 7.70. The Morgan fingerprint density at radius 2 is 2.00 bits per heavy atom. The van der Waals surface area contributed by atoms with Crippen molar-refractivity contribution in [2.24, 2.45) is 11.1 Å². The van der Waals surface area contributed by atoms with E-state index in [1.165, 1.54) is 5.69 Å². The zero-order valence-corrected chi connectivity index (χ0v) is 13.9. The van der Waals surface area contributed by atoms with Gasteiger partial charge < -0.3 is 10.3 Å². The normalized spacial score (nSPS) is 18.2.